The molecule has 1 fully saturated rings. The Kier molecular flexibility index (Phi) is 8.43. The summed E-state index contributed by atoms with van der Waals surface area (Å²) in [4.78, 5) is 11.7. The van der Waals surface area contributed by atoms with Gasteiger partial charge in [-0.15, -0.1) is 0 Å². The Labute approximate surface area is 152 Å². The monoisotopic (exact) mass is 368 g/mol. The molecule has 1 aliphatic rings. The van der Waals surface area contributed by atoms with Gasteiger partial charge in [0.25, 0.3) is 0 Å². The van der Waals surface area contributed by atoms with Gasteiger partial charge in [-0.2, -0.15) is 0 Å². The van der Waals surface area contributed by atoms with Crippen LogP contribution in [-0.2, 0) is 20.9 Å². The molecule has 26 heavy (non-hydrogen) atoms. The highest BCUT2D eigenvalue weighted by molar-refractivity contribution is 5.75. The first kappa shape index (κ1) is 20.8. The van der Waals surface area contributed by atoms with Crippen LogP contribution in [0.15, 0.2) is 30.3 Å². The van der Waals surface area contributed by atoms with E-state index >= 15 is 0 Å². The van der Waals surface area contributed by atoms with Crippen molar-refractivity contribution in [2.45, 2.75) is 50.2 Å². The van der Waals surface area contributed by atoms with E-state index in [9.17, 15) is 20.1 Å². The van der Waals surface area contributed by atoms with Crippen molar-refractivity contribution in [3.8, 4) is 0 Å². The average Bonchev–Trinajstić information content (AvgIpc) is 2.66. The van der Waals surface area contributed by atoms with Gasteiger partial charge in [0.15, 0.2) is 6.29 Å². The molecule has 0 aromatic heterocycles. The van der Waals surface area contributed by atoms with Crippen molar-refractivity contribution < 1.29 is 34.7 Å². The number of ether oxygens (including phenoxy) is 2. The lowest BCUT2D eigenvalue weighted by Gasteiger charge is -2.36. The molecule has 1 unspecified atom stereocenters. The van der Waals surface area contributed by atoms with Gasteiger partial charge in [0.1, 0.15) is 12.2 Å². The molecule has 0 saturated carbocycles. The molecule has 1 radical (unpaired) electrons. The molecule has 5 N–H and O–H groups in total. The van der Waals surface area contributed by atoms with Crippen LogP contribution in [0.5, 0.6) is 0 Å². The highest BCUT2D eigenvalue weighted by Crippen LogP contribution is 2.21. The summed E-state index contributed by atoms with van der Waals surface area (Å²) < 4.78 is 11.2. The zero-order valence-corrected chi connectivity index (χ0v) is 14.4. The van der Waals surface area contributed by atoms with E-state index < -0.39 is 37.3 Å². The molecule has 0 aliphatic carbocycles. The molecule has 1 aromatic carbocycles. The van der Waals surface area contributed by atoms with Gasteiger partial charge in [-0.3, -0.25) is 4.79 Å². The number of aliphatic hydroxyl groups is 4. The topological polar surface area (TPSA) is 128 Å². The summed E-state index contributed by atoms with van der Waals surface area (Å²) in [6.45, 7) is -0.130. The first-order valence-corrected chi connectivity index (χ1v) is 8.57. The van der Waals surface area contributed by atoms with Crippen LogP contribution in [0.1, 0.15) is 18.4 Å². The number of rotatable bonds is 9. The van der Waals surface area contributed by atoms with Crippen LogP contribution in [0.2, 0.25) is 0 Å². The minimum atomic E-state index is -1.19. The molecule has 0 spiro atoms. The molecule has 0 bridgehead atoms. The standard InChI is InChI=1S/C18H26NO7/c20-10-13(21)6-7-16(23)19-9-15-18(24)14(22)8-17(26-15)25-11-12-4-2-1-3-5-12/h1-5,8,13-15,17-18,20-22,24H,6-7,9-11H2,(H,19,23)/t13?,14-,15-,17+,18+/m1/s1. The average molecular weight is 368 g/mol. The number of benzene rings is 1. The fourth-order valence-corrected chi connectivity index (χ4v) is 2.50. The first-order valence-electron chi connectivity index (χ1n) is 8.57. The lowest BCUT2D eigenvalue weighted by atomic mass is 10.0. The minimum Gasteiger partial charge on any atom is -0.394 e. The molecule has 1 aromatic rings. The van der Waals surface area contributed by atoms with E-state index in [2.05, 4.69) is 5.32 Å². The largest absolute Gasteiger partial charge is 0.394 e. The van der Waals surface area contributed by atoms with Crippen molar-refractivity contribution in [3.63, 3.8) is 0 Å². The summed E-state index contributed by atoms with van der Waals surface area (Å²) in [6.07, 6.45) is -3.37. The Hall–Kier alpha value is -1.55. The molecule has 1 saturated heterocycles. The van der Waals surface area contributed by atoms with Gasteiger partial charge < -0.3 is 35.2 Å². The van der Waals surface area contributed by atoms with Gasteiger partial charge in [0.2, 0.25) is 5.91 Å². The Bertz CT molecular complexity index is 542. The number of hydrogen-bond donors (Lipinski definition) is 5. The van der Waals surface area contributed by atoms with E-state index in [0.717, 1.165) is 5.56 Å². The van der Waals surface area contributed by atoms with Crippen LogP contribution in [-0.4, -0.2) is 70.2 Å². The van der Waals surface area contributed by atoms with Crippen LogP contribution in [0.3, 0.4) is 0 Å². The smallest absolute Gasteiger partial charge is 0.220 e. The molecular formula is C18H26NO7. The second-order valence-electron chi connectivity index (χ2n) is 6.19. The number of hydrogen-bond acceptors (Lipinski definition) is 7. The summed E-state index contributed by atoms with van der Waals surface area (Å²) in [5, 5.41) is 40.5. The normalized spacial score (nSPS) is 27.1. The number of carbonyl (C=O) groups excluding carboxylic acids is 1. The van der Waals surface area contributed by atoms with E-state index in [-0.39, 0.29) is 31.9 Å². The van der Waals surface area contributed by atoms with Crippen molar-refractivity contribution in [2.24, 2.45) is 0 Å². The van der Waals surface area contributed by atoms with Crippen molar-refractivity contribution >= 4 is 5.91 Å². The first-order chi connectivity index (χ1) is 12.5. The molecule has 8 heteroatoms. The third-order valence-corrected chi connectivity index (χ3v) is 4.07. The van der Waals surface area contributed by atoms with Gasteiger partial charge in [-0.1, -0.05) is 30.3 Å². The second kappa shape index (κ2) is 10.6. The Morgan fingerprint density at radius 2 is 2.00 bits per heavy atom. The molecule has 8 nitrogen and oxygen atoms in total. The van der Waals surface area contributed by atoms with Crippen LogP contribution < -0.4 is 5.32 Å². The van der Waals surface area contributed by atoms with E-state index in [1.165, 1.54) is 6.42 Å². The summed E-state index contributed by atoms with van der Waals surface area (Å²) >= 11 is 0. The van der Waals surface area contributed by atoms with E-state index in [0.29, 0.717) is 0 Å². The van der Waals surface area contributed by atoms with Crippen LogP contribution in [0.4, 0.5) is 0 Å². The van der Waals surface area contributed by atoms with Crippen molar-refractivity contribution in [3.05, 3.63) is 42.3 Å². The van der Waals surface area contributed by atoms with Gasteiger partial charge in [0, 0.05) is 19.4 Å². The maximum Gasteiger partial charge on any atom is 0.220 e. The Morgan fingerprint density at radius 3 is 2.69 bits per heavy atom. The van der Waals surface area contributed by atoms with Gasteiger partial charge in [-0.05, 0) is 12.0 Å². The number of carbonyl (C=O) groups is 1. The maximum atomic E-state index is 11.7. The molecular weight excluding hydrogens is 342 g/mol. The SMILES string of the molecule is O=C(CCC(O)CO)NC[C@H]1O[C@H](OCc2ccccc2)[CH][C@@H](O)[C@@H]1O. The summed E-state index contributed by atoms with van der Waals surface area (Å²) in [7, 11) is 0. The van der Waals surface area contributed by atoms with Crippen LogP contribution in [0, 0.1) is 6.42 Å². The van der Waals surface area contributed by atoms with Gasteiger partial charge in [-0.25, -0.2) is 0 Å². The van der Waals surface area contributed by atoms with Gasteiger partial charge >= 0.3 is 0 Å². The zero-order chi connectivity index (χ0) is 18.9. The number of nitrogens with one attached hydrogen (secondary N) is 1. The van der Waals surface area contributed by atoms with E-state index in [1.807, 2.05) is 30.3 Å². The van der Waals surface area contributed by atoms with E-state index in [4.69, 9.17) is 14.6 Å². The Balaban J connectivity index is 1.78. The number of aliphatic hydroxyl groups excluding tert-OH is 4. The molecule has 1 aliphatic heterocycles. The summed E-state index contributed by atoms with van der Waals surface area (Å²) in [6, 6.07) is 9.45. The number of amides is 1. The summed E-state index contributed by atoms with van der Waals surface area (Å²) in [5.74, 6) is -0.348. The predicted molar refractivity (Wildman–Crippen MR) is 91.5 cm³/mol. The fraction of sp³-hybridized carbons (Fsp3) is 0.556. The van der Waals surface area contributed by atoms with Crippen LogP contribution >= 0.6 is 0 Å². The van der Waals surface area contributed by atoms with Crippen LogP contribution in [0.25, 0.3) is 0 Å². The molecule has 1 heterocycles. The van der Waals surface area contributed by atoms with Crippen molar-refractivity contribution in [2.75, 3.05) is 13.2 Å². The highest BCUT2D eigenvalue weighted by atomic mass is 16.7. The lowest BCUT2D eigenvalue weighted by Crippen LogP contribution is -2.53. The predicted octanol–water partition coefficient (Wildman–Crippen LogP) is -0.896. The lowest BCUT2D eigenvalue weighted by molar-refractivity contribution is -0.224. The van der Waals surface area contributed by atoms with Crippen molar-refractivity contribution in [1.82, 2.24) is 5.32 Å². The third-order valence-electron chi connectivity index (χ3n) is 4.07. The van der Waals surface area contributed by atoms with Gasteiger partial charge in [0.05, 0.1) is 25.4 Å². The molecule has 2 rings (SSSR count). The third kappa shape index (κ3) is 6.64. The second-order valence-corrected chi connectivity index (χ2v) is 6.19. The molecule has 5 atom stereocenters. The minimum absolute atomic E-state index is 0.00861. The highest BCUT2D eigenvalue weighted by Gasteiger charge is 2.37. The fourth-order valence-electron chi connectivity index (χ4n) is 2.50. The maximum absolute atomic E-state index is 11.7. The molecule has 1 amide bonds. The quantitative estimate of drug-likeness (QED) is 0.382. The van der Waals surface area contributed by atoms with Crippen molar-refractivity contribution in [1.29, 1.82) is 0 Å². The van der Waals surface area contributed by atoms with E-state index in [1.54, 1.807) is 0 Å². The Morgan fingerprint density at radius 1 is 1.27 bits per heavy atom. The molecule has 145 valence electrons. The summed E-state index contributed by atoms with van der Waals surface area (Å²) in [5.41, 5.74) is 0.942. The zero-order valence-electron chi connectivity index (χ0n) is 14.4.